The standard InChI is InChI=1S/C17H20N4O3/c1-11-2-3-13-14(8-11)23-16(19-13)20-15-18-9-17(24-15)10-21(22)6-4-12(17)5-7-21/h2-3,8,12H,4-7,9-10H2,1H3,(H,18,19,20)/t12?,17-,21?/m0/s1. The van der Waals surface area contributed by atoms with Crippen molar-refractivity contribution in [3.05, 3.63) is 29.0 Å². The van der Waals surface area contributed by atoms with E-state index in [4.69, 9.17) is 9.15 Å². The van der Waals surface area contributed by atoms with Gasteiger partial charge in [0, 0.05) is 18.8 Å². The Morgan fingerprint density at radius 1 is 1.33 bits per heavy atom. The number of oxazole rings is 1. The summed E-state index contributed by atoms with van der Waals surface area (Å²) in [5, 5.41) is 15.7. The molecule has 2 bridgehead atoms. The van der Waals surface area contributed by atoms with Gasteiger partial charge in [0.05, 0.1) is 19.6 Å². The van der Waals surface area contributed by atoms with Gasteiger partial charge in [-0.2, -0.15) is 4.98 Å². The fourth-order valence-electron chi connectivity index (χ4n) is 4.34. The predicted molar refractivity (Wildman–Crippen MR) is 89.4 cm³/mol. The Bertz CT molecular complexity index is 837. The maximum atomic E-state index is 12.7. The molecule has 0 aliphatic carbocycles. The molecule has 1 spiro atoms. The first-order valence-electron chi connectivity index (χ1n) is 8.49. The number of hydroxylamine groups is 3. The summed E-state index contributed by atoms with van der Waals surface area (Å²) in [5.41, 5.74) is 2.21. The average Bonchev–Trinajstić information content (AvgIpc) is 3.11. The van der Waals surface area contributed by atoms with Crippen molar-refractivity contribution in [2.75, 3.05) is 31.5 Å². The Morgan fingerprint density at radius 3 is 2.96 bits per heavy atom. The van der Waals surface area contributed by atoms with Gasteiger partial charge >= 0.3 is 6.01 Å². The largest absolute Gasteiger partial charge is 0.633 e. The molecule has 4 aliphatic rings. The summed E-state index contributed by atoms with van der Waals surface area (Å²) in [5.74, 6) is 0.417. The molecule has 24 heavy (non-hydrogen) atoms. The Labute approximate surface area is 139 Å². The SMILES string of the molecule is Cc1ccc2nc(NC3=NC[C@@]4(C[N+]5([O-])CCC4CC5)O3)oc2c1. The predicted octanol–water partition coefficient (Wildman–Crippen LogP) is 2.41. The van der Waals surface area contributed by atoms with Gasteiger partial charge in [0.1, 0.15) is 12.1 Å². The van der Waals surface area contributed by atoms with Gasteiger partial charge in [-0.1, -0.05) is 6.07 Å². The second-order valence-corrected chi connectivity index (χ2v) is 7.34. The Morgan fingerprint density at radius 2 is 2.17 bits per heavy atom. The van der Waals surface area contributed by atoms with Crippen molar-refractivity contribution in [2.24, 2.45) is 10.9 Å². The molecule has 3 saturated heterocycles. The van der Waals surface area contributed by atoms with Crippen molar-refractivity contribution in [3.63, 3.8) is 0 Å². The molecule has 3 fully saturated rings. The van der Waals surface area contributed by atoms with Gasteiger partial charge in [0.2, 0.25) is 0 Å². The Balaban J connectivity index is 1.35. The monoisotopic (exact) mass is 328 g/mol. The molecule has 0 unspecified atom stereocenters. The number of hydrogen-bond acceptors (Lipinski definition) is 6. The number of quaternary nitrogens is 1. The van der Waals surface area contributed by atoms with Crippen LogP contribution in [0.2, 0.25) is 0 Å². The molecule has 4 aliphatic heterocycles. The van der Waals surface area contributed by atoms with E-state index in [9.17, 15) is 5.21 Å². The first kappa shape index (κ1) is 14.2. The summed E-state index contributed by atoms with van der Waals surface area (Å²) in [4.78, 5) is 8.89. The highest BCUT2D eigenvalue weighted by molar-refractivity contribution is 5.89. The molecule has 126 valence electrons. The summed E-state index contributed by atoms with van der Waals surface area (Å²) in [6, 6.07) is 6.66. The van der Waals surface area contributed by atoms with Crippen LogP contribution in [0.3, 0.4) is 0 Å². The number of hydrogen-bond donors (Lipinski definition) is 1. The zero-order chi connectivity index (χ0) is 16.4. The molecule has 1 aromatic carbocycles. The number of benzene rings is 1. The quantitative estimate of drug-likeness (QED) is 0.642. The highest BCUT2D eigenvalue weighted by atomic mass is 16.6. The van der Waals surface area contributed by atoms with Crippen LogP contribution >= 0.6 is 0 Å². The van der Waals surface area contributed by atoms with Crippen LogP contribution in [0, 0.1) is 18.0 Å². The summed E-state index contributed by atoms with van der Waals surface area (Å²) < 4.78 is 11.7. The molecule has 5 heterocycles. The summed E-state index contributed by atoms with van der Waals surface area (Å²) >= 11 is 0. The maximum absolute atomic E-state index is 12.7. The number of aryl methyl sites for hydroxylation is 1. The molecule has 7 heteroatoms. The van der Waals surface area contributed by atoms with Crippen LogP contribution in [0.1, 0.15) is 18.4 Å². The van der Waals surface area contributed by atoms with Gasteiger partial charge in [-0.05, 0) is 24.6 Å². The second kappa shape index (κ2) is 4.70. The number of aliphatic imine (C=N–C) groups is 1. The lowest BCUT2D eigenvalue weighted by Crippen LogP contribution is -2.67. The minimum Gasteiger partial charge on any atom is -0.633 e. The van der Waals surface area contributed by atoms with Gasteiger partial charge in [0.25, 0.3) is 6.02 Å². The van der Waals surface area contributed by atoms with Crippen molar-refractivity contribution in [1.29, 1.82) is 0 Å². The molecule has 1 aromatic heterocycles. The van der Waals surface area contributed by atoms with Gasteiger partial charge in [0.15, 0.2) is 11.2 Å². The lowest BCUT2D eigenvalue weighted by Gasteiger charge is -2.58. The third-order valence-corrected chi connectivity index (χ3v) is 5.62. The van der Waals surface area contributed by atoms with E-state index in [2.05, 4.69) is 15.3 Å². The number of nitrogens with zero attached hydrogens (tertiary/aromatic N) is 3. The maximum Gasteiger partial charge on any atom is 0.303 e. The fourth-order valence-corrected chi connectivity index (χ4v) is 4.34. The van der Waals surface area contributed by atoms with Crippen LogP contribution in [0.15, 0.2) is 27.6 Å². The van der Waals surface area contributed by atoms with E-state index >= 15 is 0 Å². The van der Waals surface area contributed by atoms with E-state index in [1.807, 2.05) is 25.1 Å². The highest BCUT2D eigenvalue weighted by Gasteiger charge is 2.56. The number of ether oxygens (including phenoxy) is 1. The number of piperidine rings is 3. The normalized spacial score (nSPS) is 34.6. The molecule has 7 nitrogen and oxygen atoms in total. The third kappa shape index (κ3) is 2.12. The minimum absolute atomic E-state index is 0.137. The molecule has 1 N–H and O–H groups in total. The molecule has 6 rings (SSSR count). The smallest absolute Gasteiger partial charge is 0.303 e. The summed E-state index contributed by atoms with van der Waals surface area (Å²) in [7, 11) is 0. The van der Waals surface area contributed by atoms with E-state index in [-0.39, 0.29) is 4.65 Å². The van der Waals surface area contributed by atoms with Crippen molar-refractivity contribution >= 4 is 23.1 Å². The second-order valence-electron chi connectivity index (χ2n) is 7.34. The van der Waals surface area contributed by atoms with Crippen LogP contribution in [0.5, 0.6) is 0 Å². The average molecular weight is 328 g/mol. The van der Waals surface area contributed by atoms with Gasteiger partial charge in [-0.25, -0.2) is 4.99 Å². The Kier molecular flexibility index (Phi) is 2.79. The van der Waals surface area contributed by atoms with Crippen molar-refractivity contribution in [1.82, 2.24) is 4.98 Å². The van der Waals surface area contributed by atoms with Crippen LogP contribution in [0.25, 0.3) is 11.1 Å². The van der Waals surface area contributed by atoms with E-state index in [0.717, 1.165) is 29.5 Å². The zero-order valence-electron chi connectivity index (χ0n) is 13.6. The molecule has 0 radical (unpaired) electrons. The van der Waals surface area contributed by atoms with Gasteiger partial charge < -0.3 is 19.0 Å². The van der Waals surface area contributed by atoms with Crippen molar-refractivity contribution in [3.8, 4) is 0 Å². The van der Waals surface area contributed by atoms with E-state index in [1.165, 1.54) is 0 Å². The van der Waals surface area contributed by atoms with Gasteiger partial charge in [-0.3, -0.25) is 5.32 Å². The van der Waals surface area contributed by atoms with E-state index in [1.54, 1.807) is 0 Å². The number of anilines is 1. The molecular weight excluding hydrogens is 308 g/mol. The molecule has 0 saturated carbocycles. The third-order valence-electron chi connectivity index (χ3n) is 5.62. The van der Waals surface area contributed by atoms with E-state index < -0.39 is 5.60 Å². The molecule has 2 aromatic rings. The van der Waals surface area contributed by atoms with Crippen molar-refractivity contribution in [2.45, 2.75) is 25.4 Å². The fraction of sp³-hybridized carbons (Fsp3) is 0.529. The first-order valence-corrected chi connectivity index (χ1v) is 8.49. The van der Waals surface area contributed by atoms with Crippen LogP contribution in [0.4, 0.5) is 6.01 Å². The van der Waals surface area contributed by atoms with Crippen LogP contribution < -0.4 is 5.32 Å². The number of fused-ring (bicyclic) bond motifs is 3. The lowest BCUT2D eigenvalue weighted by molar-refractivity contribution is -0.905. The highest BCUT2D eigenvalue weighted by Crippen LogP contribution is 2.44. The topological polar surface area (TPSA) is 82.7 Å². The number of rotatable bonds is 1. The summed E-state index contributed by atoms with van der Waals surface area (Å²) in [6.07, 6.45) is 1.85. The van der Waals surface area contributed by atoms with Crippen LogP contribution in [-0.2, 0) is 4.74 Å². The lowest BCUT2D eigenvalue weighted by atomic mass is 9.75. The summed E-state index contributed by atoms with van der Waals surface area (Å²) in [6.45, 7) is 4.48. The number of nitrogens with one attached hydrogen (secondary N) is 1. The minimum atomic E-state index is -0.441. The number of aromatic nitrogens is 1. The van der Waals surface area contributed by atoms with Crippen LogP contribution in [-0.4, -0.2) is 47.4 Å². The molecule has 0 amide bonds. The zero-order valence-corrected chi connectivity index (χ0v) is 13.6. The van der Waals surface area contributed by atoms with E-state index in [0.29, 0.717) is 44.1 Å². The van der Waals surface area contributed by atoms with Crippen molar-refractivity contribution < 1.29 is 13.8 Å². The first-order chi connectivity index (χ1) is 11.5. The number of amidine groups is 1. The molecular formula is C17H20N4O3. The Hall–Kier alpha value is -2.12. The molecule has 1 atom stereocenters. The van der Waals surface area contributed by atoms with Gasteiger partial charge in [-0.15, -0.1) is 0 Å².